The summed E-state index contributed by atoms with van der Waals surface area (Å²) < 4.78 is 20.0. The molecule has 0 aliphatic carbocycles. The zero-order chi connectivity index (χ0) is 20.4. The van der Waals surface area contributed by atoms with Crippen LogP contribution in [0.3, 0.4) is 0 Å². The van der Waals surface area contributed by atoms with Crippen molar-refractivity contribution in [3.05, 3.63) is 35.6 Å². The molecule has 2 aliphatic rings. The third-order valence-corrected chi connectivity index (χ3v) is 5.31. The molecule has 0 unspecified atom stereocenters. The average molecular weight is 418 g/mol. The standard InChI is InChI=1S/C18H19FN6O3S/c1-12(26)21-9-14-10-24(18(27)28-14)13-2-3-16(15(19)8-13)23-5-6-25(22-11-23)17-20-4-7-29-17/h2-4,7-8,11,14H,5-6,9-10H2,1H3,(H,21,26)/t14-/m0/s1. The lowest BCUT2D eigenvalue weighted by molar-refractivity contribution is -0.119. The largest absolute Gasteiger partial charge is 0.442 e. The van der Waals surface area contributed by atoms with Crippen LogP contribution in [0.1, 0.15) is 6.92 Å². The quantitative estimate of drug-likeness (QED) is 0.799. The number of aromatic nitrogens is 1. The molecule has 1 saturated heterocycles. The van der Waals surface area contributed by atoms with Crippen molar-refractivity contribution >= 4 is 46.2 Å². The van der Waals surface area contributed by atoms with Gasteiger partial charge in [-0.15, -0.1) is 11.3 Å². The number of thiazole rings is 1. The van der Waals surface area contributed by atoms with Crippen LogP contribution in [0.5, 0.6) is 0 Å². The van der Waals surface area contributed by atoms with E-state index in [4.69, 9.17) is 4.74 Å². The predicted octanol–water partition coefficient (Wildman–Crippen LogP) is 2.01. The van der Waals surface area contributed by atoms with Crippen molar-refractivity contribution in [2.75, 3.05) is 41.0 Å². The van der Waals surface area contributed by atoms with E-state index in [1.807, 2.05) is 5.38 Å². The number of amides is 2. The maximum atomic E-state index is 14.8. The summed E-state index contributed by atoms with van der Waals surface area (Å²) in [6.07, 6.45) is 2.24. The van der Waals surface area contributed by atoms with Gasteiger partial charge >= 0.3 is 6.09 Å². The summed E-state index contributed by atoms with van der Waals surface area (Å²) in [5.41, 5.74) is 0.776. The first kappa shape index (κ1) is 19.1. The first-order chi connectivity index (χ1) is 14.0. The number of hydrazone groups is 1. The molecular weight excluding hydrogens is 399 g/mol. The summed E-state index contributed by atoms with van der Waals surface area (Å²) in [6.45, 7) is 2.98. The van der Waals surface area contributed by atoms with Gasteiger partial charge in [-0.05, 0) is 18.2 Å². The molecule has 1 aromatic heterocycles. The molecule has 4 rings (SSSR count). The molecule has 1 aromatic carbocycles. The minimum absolute atomic E-state index is 0.202. The number of nitrogens with zero attached hydrogens (tertiary/aromatic N) is 5. The van der Waals surface area contributed by atoms with Gasteiger partial charge in [0.2, 0.25) is 11.0 Å². The number of ether oxygens (including phenoxy) is 1. The highest BCUT2D eigenvalue weighted by atomic mass is 32.1. The number of rotatable bonds is 5. The molecule has 2 aromatic rings. The normalized spacial score (nSPS) is 18.9. The second-order valence-corrected chi connectivity index (χ2v) is 7.42. The smallest absolute Gasteiger partial charge is 0.414 e. The fourth-order valence-electron chi connectivity index (χ4n) is 3.11. The van der Waals surface area contributed by atoms with Crippen molar-refractivity contribution in [3.63, 3.8) is 0 Å². The van der Waals surface area contributed by atoms with Gasteiger partial charge in [-0.3, -0.25) is 9.69 Å². The molecule has 29 heavy (non-hydrogen) atoms. The number of hydrogen-bond acceptors (Lipinski definition) is 8. The number of anilines is 3. The van der Waals surface area contributed by atoms with Gasteiger partial charge in [0.05, 0.1) is 31.0 Å². The Bertz CT molecular complexity index is 938. The maximum absolute atomic E-state index is 14.8. The van der Waals surface area contributed by atoms with Crippen molar-refractivity contribution in [2.45, 2.75) is 13.0 Å². The maximum Gasteiger partial charge on any atom is 0.414 e. The van der Waals surface area contributed by atoms with E-state index in [0.29, 0.717) is 24.5 Å². The molecule has 1 N–H and O–H groups in total. The lowest BCUT2D eigenvalue weighted by Crippen LogP contribution is -2.38. The SMILES string of the molecule is CC(=O)NC[C@H]1CN(c2ccc(N3C=NN(c4nccs4)CC3)c(F)c2)C(=O)O1. The zero-order valence-corrected chi connectivity index (χ0v) is 16.4. The third kappa shape index (κ3) is 4.14. The minimum Gasteiger partial charge on any atom is -0.442 e. The van der Waals surface area contributed by atoms with Gasteiger partial charge in [0, 0.05) is 25.0 Å². The van der Waals surface area contributed by atoms with Crippen LogP contribution in [-0.2, 0) is 9.53 Å². The van der Waals surface area contributed by atoms with Crippen LogP contribution < -0.4 is 20.1 Å². The summed E-state index contributed by atoms with van der Waals surface area (Å²) in [7, 11) is 0. The second kappa shape index (κ2) is 8.03. The minimum atomic E-state index is -0.564. The number of cyclic esters (lactones) is 1. The van der Waals surface area contributed by atoms with Crippen molar-refractivity contribution < 1.29 is 18.7 Å². The number of carbonyl (C=O) groups is 2. The van der Waals surface area contributed by atoms with Crippen molar-refractivity contribution in [3.8, 4) is 0 Å². The van der Waals surface area contributed by atoms with Crippen LogP contribution in [-0.4, -0.2) is 55.6 Å². The molecule has 152 valence electrons. The Morgan fingerprint density at radius 1 is 1.41 bits per heavy atom. The summed E-state index contributed by atoms with van der Waals surface area (Å²) in [4.78, 5) is 30.4. The summed E-state index contributed by atoms with van der Waals surface area (Å²) >= 11 is 1.49. The number of nitrogens with one attached hydrogen (secondary N) is 1. The molecule has 11 heteroatoms. The number of carbonyl (C=O) groups excluding carboxylic acids is 2. The van der Waals surface area contributed by atoms with E-state index in [2.05, 4.69) is 15.4 Å². The lowest BCUT2D eigenvalue weighted by atomic mass is 10.2. The van der Waals surface area contributed by atoms with Crippen LogP contribution >= 0.6 is 11.3 Å². The first-order valence-electron chi connectivity index (χ1n) is 9.01. The fourth-order valence-corrected chi connectivity index (χ4v) is 3.73. The molecule has 3 heterocycles. The van der Waals surface area contributed by atoms with Crippen LogP contribution in [0.25, 0.3) is 0 Å². The Morgan fingerprint density at radius 2 is 2.28 bits per heavy atom. The average Bonchev–Trinajstić information content (AvgIpc) is 3.36. The topological polar surface area (TPSA) is 90.4 Å². The Balaban J connectivity index is 1.44. The molecule has 1 fully saturated rings. The number of halogens is 1. The van der Waals surface area contributed by atoms with Crippen LogP contribution in [0.4, 0.5) is 25.7 Å². The second-order valence-electron chi connectivity index (χ2n) is 6.55. The van der Waals surface area contributed by atoms with Crippen LogP contribution in [0.15, 0.2) is 34.9 Å². The molecule has 0 saturated carbocycles. The Hall–Kier alpha value is -3.21. The third-order valence-electron chi connectivity index (χ3n) is 4.53. The number of benzene rings is 1. The van der Waals surface area contributed by atoms with Crippen molar-refractivity contribution in [1.29, 1.82) is 0 Å². The van der Waals surface area contributed by atoms with E-state index < -0.39 is 18.0 Å². The van der Waals surface area contributed by atoms with Gasteiger partial charge < -0.3 is 15.0 Å². The highest BCUT2D eigenvalue weighted by molar-refractivity contribution is 7.13. The summed E-state index contributed by atoms with van der Waals surface area (Å²) in [5, 5.41) is 11.4. The molecule has 0 bridgehead atoms. The Morgan fingerprint density at radius 3 is 2.93 bits per heavy atom. The van der Waals surface area contributed by atoms with E-state index >= 15 is 0 Å². The van der Waals surface area contributed by atoms with E-state index in [1.165, 1.54) is 29.2 Å². The molecule has 0 spiro atoms. The monoisotopic (exact) mass is 418 g/mol. The number of hydrogen-bond donors (Lipinski definition) is 1. The molecule has 1 atom stereocenters. The molecule has 9 nitrogen and oxygen atoms in total. The molecule has 2 amide bonds. The van der Waals surface area contributed by atoms with Crippen molar-refractivity contribution in [1.82, 2.24) is 10.3 Å². The van der Waals surface area contributed by atoms with Gasteiger partial charge in [0.15, 0.2) is 0 Å². The van der Waals surface area contributed by atoms with Gasteiger partial charge in [0.1, 0.15) is 18.3 Å². The molecule has 2 aliphatic heterocycles. The fraction of sp³-hybridized carbons (Fsp3) is 0.333. The molecular formula is C18H19FN6O3S. The van der Waals surface area contributed by atoms with Crippen molar-refractivity contribution in [2.24, 2.45) is 5.10 Å². The van der Waals surface area contributed by atoms with Gasteiger partial charge in [-0.2, -0.15) is 5.10 Å². The highest BCUT2D eigenvalue weighted by Gasteiger charge is 2.33. The van der Waals surface area contributed by atoms with Gasteiger partial charge in [-0.25, -0.2) is 19.2 Å². The predicted molar refractivity (Wildman–Crippen MR) is 108 cm³/mol. The Kier molecular flexibility index (Phi) is 5.30. The van der Waals surface area contributed by atoms with E-state index in [-0.39, 0.29) is 19.0 Å². The Labute approximate surface area is 170 Å². The highest BCUT2D eigenvalue weighted by Crippen LogP contribution is 2.28. The van der Waals surface area contributed by atoms with E-state index in [9.17, 15) is 14.0 Å². The molecule has 0 radical (unpaired) electrons. The zero-order valence-electron chi connectivity index (χ0n) is 15.6. The van der Waals surface area contributed by atoms with Gasteiger partial charge in [-0.1, -0.05) is 0 Å². The van der Waals surface area contributed by atoms with E-state index in [0.717, 1.165) is 5.13 Å². The first-order valence-corrected chi connectivity index (χ1v) is 9.89. The van der Waals surface area contributed by atoms with E-state index in [1.54, 1.807) is 34.6 Å². The van der Waals surface area contributed by atoms with Gasteiger partial charge in [0.25, 0.3) is 0 Å². The summed E-state index contributed by atoms with van der Waals surface area (Å²) in [5.74, 6) is -0.665. The lowest BCUT2D eigenvalue weighted by Gasteiger charge is -2.29. The van der Waals surface area contributed by atoms with Crippen LogP contribution in [0, 0.1) is 5.82 Å². The summed E-state index contributed by atoms with van der Waals surface area (Å²) in [6, 6.07) is 4.59. The van der Waals surface area contributed by atoms with Crippen LogP contribution in [0.2, 0.25) is 0 Å².